The smallest absolute Gasteiger partial charge is 0.261 e. The van der Waals surface area contributed by atoms with E-state index in [1.807, 2.05) is 0 Å². The largest absolute Gasteiger partial charge is 0.335 e. The number of carbonyl (C=O) groups excluding carboxylic acids is 1. The molecule has 1 aliphatic carbocycles. The van der Waals surface area contributed by atoms with Crippen LogP contribution in [0.15, 0.2) is 59.5 Å². The van der Waals surface area contributed by atoms with E-state index in [0.29, 0.717) is 23.2 Å². The average Bonchev–Trinajstić information content (AvgIpc) is 2.74. The zero-order valence-electron chi connectivity index (χ0n) is 15.9. The molecule has 6 heteroatoms. The fraction of sp³-hybridized carbons (Fsp3) is 0.409. The van der Waals surface area contributed by atoms with Crippen LogP contribution in [0.5, 0.6) is 0 Å². The average molecular weight is 399 g/mol. The van der Waals surface area contributed by atoms with Gasteiger partial charge in [0.05, 0.1) is 4.90 Å². The zero-order chi connectivity index (χ0) is 19.6. The number of nitrogens with one attached hydrogen (secondary N) is 1. The monoisotopic (exact) mass is 398 g/mol. The summed E-state index contributed by atoms with van der Waals surface area (Å²) in [5.41, 5.74) is 1.07. The Morgan fingerprint density at radius 3 is 2.32 bits per heavy atom. The lowest BCUT2D eigenvalue weighted by Gasteiger charge is -2.44. The van der Waals surface area contributed by atoms with Crippen LogP contribution in [0, 0.1) is 5.92 Å². The standard InChI is InChI=1S/C22H26N2O3S/c25-22(24-16-6-8-17-7-4-5-11-21(17)24)18-12-14-19(15-13-18)23-28(26,27)20-9-2-1-3-10-20/h1-3,9-10,12-15,17,21,23H,4-8,11,16H2. The van der Waals surface area contributed by atoms with E-state index in [1.54, 1.807) is 54.6 Å². The summed E-state index contributed by atoms with van der Waals surface area (Å²) in [5.74, 6) is 0.706. The number of sulfonamides is 1. The van der Waals surface area contributed by atoms with Crippen LogP contribution < -0.4 is 4.72 Å². The lowest BCUT2D eigenvalue weighted by atomic mass is 9.78. The maximum absolute atomic E-state index is 13.1. The van der Waals surface area contributed by atoms with E-state index in [4.69, 9.17) is 0 Å². The Labute approximate surface area is 166 Å². The van der Waals surface area contributed by atoms with Crippen LogP contribution in [0.3, 0.4) is 0 Å². The zero-order valence-corrected chi connectivity index (χ0v) is 16.7. The molecule has 0 radical (unpaired) electrons. The number of nitrogens with zero attached hydrogens (tertiary/aromatic N) is 1. The Morgan fingerprint density at radius 1 is 0.893 bits per heavy atom. The van der Waals surface area contributed by atoms with E-state index < -0.39 is 10.0 Å². The number of rotatable bonds is 4. The van der Waals surface area contributed by atoms with Crippen LogP contribution in [-0.4, -0.2) is 31.8 Å². The fourth-order valence-corrected chi connectivity index (χ4v) is 5.62. The number of hydrogen-bond acceptors (Lipinski definition) is 3. The van der Waals surface area contributed by atoms with E-state index >= 15 is 0 Å². The van der Waals surface area contributed by atoms with E-state index in [-0.39, 0.29) is 10.8 Å². The molecule has 4 rings (SSSR count). The Morgan fingerprint density at radius 2 is 1.57 bits per heavy atom. The number of fused-ring (bicyclic) bond motifs is 1. The highest BCUT2D eigenvalue weighted by molar-refractivity contribution is 7.92. The molecule has 0 aromatic heterocycles. The maximum atomic E-state index is 13.1. The summed E-state index contributed by atoms with van der Waals surface area (Å²) >= 11 is 0. The number of carbonyl (C=O) groups is 1. The molecule has 0 bridgehead atoms. The molecule has 1 saturated heterocycles. The minimum absolute atomic E-state index is 0.0640. The second-order valence-corrected chi connectivity index (χ2v) is 9.43. The highest BCUT2D eigenvalue weighted by Gasteiger charge is 2.35. The van der Waals surface area contributed by atoms with Crippen molar-refractivity contribution >= 4 is 21.6 Å². The van der Waals surface area contributed by atoms with Crippen molar-refractivity contribution in [2.75, 3.05) is 11.3 Å². The molecule has 2 unspecified atom stereocenters. The Hall–Kier alpha value is -2.34. The number of benzene rings is 2. The molecule has 1 N–H and O–H groups in total. The first-order valence-electron chi connectivity index (χ1n) is 10.0. The second kappa shape index (κ2) is 7.95. The summed E-state index contributed by atoms with van der Waals surface area (Å²) in [7, 11) is -3.63. The molecule has 1 aliphatic heterocycles. The molecule has 2 aliphatic rings. The summed E-state index contributed by atoms with van der Waals surface area (Å²) in [5, 5.41) is 0. The molecular weight excluding hydrogens is 372 g/mol. The predicted octanol–water partition coefficient (Wildman–Crippen LogP) is 4.28. The number of hydrogen-bond donors (Lipinski definition) is 1. The van der Waals surface area contributed by atoms with Gasteiger partial charge in [-0.05, 0) is 68.0 Å². The third kappa shape index (κ3) is 3.92. The first kappa shape index (κ1) is 19.0. The normalized spacial score (nSPS) is 22.4. The Bertz CT molecular complexity index is 924. The SMILES string of the molecule is O=C(c1ccc(NS(=O)(=O)c2ccccc2)cc1)N1CCCC2CCCCC21. The van der Waals surface area contributed by atoms with Gasteiger partial charge in [0.25, 0.3) is 15.9 Å². The Kier molecular flexibility index (Phi) is 5.40. The van der Waals surface area contributed by atoms with Crippen molar-refractivity contribution < 1.29 is 13.2 Å². The van der Waals surface area contributed by atoms with Crippen LogP contribution in [-0.2, 0) is 10.0 Å². The molecule has 1 amide bonds. The van der Waals surface area contributed by atoms with Gasteiger partial charge in [-0.1, -0.05) is 31.0 Å². The van der Waals surface area contributed by atoms with Gasteiger partial charge < -0.3 is 4.90 Å². The van der Waals surface area contributed by atoms with Crippen molar-refractivity contribution in [3.8, 4) is 0 Å². The molecule has 1 heterocycles. The summed E-state index contributed by atoms with van der Waals surface area (Å²) in [6.45, 7) is 0.822. The van der Waals surface area contributed by atoms with Gasteiger partial charge in [0, 0.05) is 23.8 Å². The summed E-state index contributed by atoms with van der Waals surface area (Å²) in [4.78, 5) is 15.3. The molecule has 2 aromatic rings. The number of piperidine rings is 1. The van der Waals surface area contributed by atoms with Gasteiger partial charge in [0.2, 0.25) is 0 Å². The Balaban J connectivity index is 1.48. The lowest BCUT2D eigenvalue weighted by Crippen LogP contribution is -2.49. The van der Waals surface area contributed by atoms with Crippen LogP contribution in [0.1, 0.15) is 48.9 Å². The minimum Gasteiger partial charge on any atom is -0.335 e. The second-order valence-electron chi connectivity index (χ2n) is 7.75. The summed E-state index contributed by atoms with van der Waals surface area (Å²) in [6.07, 6.45) is 7.11. The van der Waals surface area contributed by atoms with Crippen LogP contribution in [0.4, 0.5) is 5.69 Å². The van der Waals surface area contributed by atoms with Gasteiger partial charge >= 0.3 is 0 Å². The van der Waals surface area contributed by atoms with Crippen LogP contribution in [0.25, 0.3) is 0 Å². The van der Waals surface area contributed by atoms with E-state index in [2.05, 4.69) is 9.62 Å². The molecule has 2 fully saturated rings. The number of likely N-dealkylation sites (tertiary alicyclic amines) is 1. The molecule has 1 saturated carbocycles. The first-order valence-corrected chi connectivity index (χ1v) is 11.5. The third-order valence-corrected chi connectivity index (χ3v) is 7.34. The summed E-state index contributed by atoms with van der Waals surface area (Å²) < 4.78 is 27.5. The van der Waals surface area contributed by atoms with Crippen molar-refractivity contribution in [1.29, 1.82) is 0 Å². The van der Waals surface area contributed by atoms with Crippen molar-refractivity contribution in [3.63, 3.8) is 0 Å². The molecule has 148 valence electrons. The molecule has 28 heavy (non-hydrogen) atoms. The van der Waals surface area contributed by atoms with Crippen molar-refractivity contribution in [2.45, 2.75) is 49.5 Å². The van der Waals surface area contributed by atoms with Gasteiger partial charge in [0.1, 0.15) is 0 Å². The molecular formula is C22H26N2O3S. The molecule has 0 spiro atoms. The maximum Gasteiger partial charge on any atom is 0.261 e. The van der Waals surface area contributed by atoms with Crippen molar-refractivity contribution in [2.24, 2.45) is 5.92 Å². The fourth-order valence-electron chi connectivity index (χ4n) is 4.54. The third-order valence-electron chi connectivity index (χ3n) is 5.94. The molecule has 2 atom stereocenters. The first-order chi connectivity index (χ1) is 13.5. The van der Waals surface area contributed by atoms with Gasteiger partial charge in [-0.25, -0.2) is 8.42 Å². The van der Waals surface area contributed by atoms with E-state index in [9.17, 15) is 13.2 Å². The number of anilines is 1. The van der Waals surface area contributed by atoms with E-state index in [0.717, 1.165) is 19.4 Å². The molecule has 2 aromatic carbocycles. The minimum atomic E-state index is -3.63. The predicted molar refractivity (Wildman–Crippen MR) is 110 cm³/mol. The summed E-state index contributed by atoms with van der Waals surface area (Å²) in [6, 6.07) is 15.4. The highest BCUT2D eigenvalue weighted by atomic mass is 32.2. The molecule has 5 nitrogen and oxygen atoms in total. The van der Waals surface area contributed by atoms with Crippen molar-refractivity contribution in [1.82, 2.24) is 4.90 Å². The van der Waals surface area contributed by atoms with Gasteiger partial charge in [-0.3, -0.25) is 9.52 Å². The quantitative estimate of drug-likeness (QED) is 0.836. The van der Waals surface area contributed by atoms with Gasteiger partial charge in [0.15, 0.2) is 0 Å². The van der Waals surface area contributed by atoms with Crippen molar-refractivity contribution in [3.05, 3.63) is 60.2 Å². The van der Waals surface area contributed by atoms with Crippen LogP contribution >= 0.6 is 0 Å². The van der Waals surface area contributed by atoms with Gasteiger partial charge in [-0.2, -0.15) is 0 Å². The lowest BCUT2D eigenvalue weighted by molar-refractivity contribution is 0.0390. The number of amides is 1. The highest BCUT2D eigenvalue weighted by Crippen LogP contribution is 2.36. The van der Waals surface area contributed by atoms with E-state index in [1.165, 1.54) is 25.7 Å². The van der Waals surface area contributed by atoms with Crippen LogP contribution in [0.2, 0.25) is 0 Å². The topological polar surface area (TPSA) is 66.5 Å². The van der Waals surface area contributed by atoms with Gasteiger partial charge in [-0.15, -0.1) is 0 Å².